The standard InChI is InChI=1S/C20H21FN6O/c1-12-4-5-16(7-17(12)21)24-20(28)15-9-26(10-15)18-8-19(23-11-22-18)27-14(3)6-13(2)25-27/h4-8,11,15H,9-10H2,1-3H3,(H,24,28). The Hall–Kier alpha value is -3.29. The first-order chi connectivity index (χ1) is 13.4. The minimum absolute atomic E-state index is 0.118. The van der Waals surface area contributed by atoms with Gasteiger partial charge in [-0.25, -0.2) is 19.0 Å². The van der Waals surface area contributed by atoms with Crippen LogP contribution in [-0.2, 0) is 4.79 Å². The fourth-order valence-electron chi connectivity index (χ4n) is 3.23. The van der Waals surface area contributed by atoms with Gasteiger partial charge in [-0.2, -0.15) is 5.10 Å². The zero-order valence-corrected chi connectivity index (χ0v) is 16.0. The summed E-state index contributed by atoms with van der Waals surface area (Å²) in [5.41, 5.74) is 2.94. The van der Waals surface area contributed by atoms with Crippen molar-refractivity contribution in [3.63, 3.8) is 0 Å². The maximum absolute atomic E-state index is 13.6. The maximum atomic E-state index is 13.6. The smallest absolute Gasteiger partial charge is 0.231 e. The van der Waals surface area contributed by atoms with Gasteiger partial charge in [0.2, 0.25) is 5.91 Å². The lowest BCUT2D eigenvalue weighted by Crippen LogP contribution is -2.52. The first-order valence-corrected chi connectivity index (χ1v) is 9.08. The third kappa shape index (κ3) is 3.45. The summed E-state index contributed by atoms with van der Waals surface area (Å²) < 4.78 is 15.4. The van der Waals surface area contributed by atoms with E-state index in [0.29, 0.717) is 30.2 Å². The van der Waals surface area contributed by atoms with E-state index in [1.165, 1.54) is 12.4 Å². The largest absolute Gasteiger partial charge is 0.355 e. The van der Waals surface area contributed by atoms with Crippen molar-refractivity contribution in [3.8, 4) is 5.82 Å². The molecule has 1 aromatic carbocycles. The Bertz CT molecular complexity index is 1040. The number of hydrogen-bond acceptors (Lipinski definition) is 5. The molecule has 3 aromatic rings. The van der Waals surface area contributed by atoms with Crippen LogP contribution in [-0.4, -0.2) is 38.7 Å². The number of aryl methyl sites for hydroxylation is 3. The zero-order chi connectivity index (χ0) is 19.8. The second-order valence-electron chi connectivity index (χ2n) is 7.13. The molecule has 7 nitrogen and oxygen atoms in total. The van der Waals surface area contributed by atoms with Crippen molar-refractivity contribution in [1.82, 2.24) is 19.7 Å². The highest BCUT2D eigenvalue weighted by Gasteiger charge is 2.33. The van der Waals surface area contributed by atoms with Crippen LogP contribution in [0.4, 0.5) is 15.9 Å². The predicted octanol–water partition coefficient (Wildman–Crippen LogP) is 2.80. The van der Waals surface area contributed by atoms with Crippen molar-refractivity contribution >= 4 is 17.4 Å². The summed E-state index contributed by atoms with van der Waals surface area (Å²) in [7, 11) is 0. The van der Waals surface area contributed by atoms with Crippen molar-refractivity contribution < 1.29 is 9.18 Å². The van der Waals surface area contributed by atoms with Crippen molar-refractivity contribution in [2.45, 2.75) is 20.8 Å². The number of amides is 1. The molecule has 1 aliphatic rings. The van der Waals surface area contributed by atoms with E-state index in [2.05, 4.69) is 20.4 Å². The van der Waals surface area contributed by atoms with Crippen molar-refractivity contribution in [2.24, 2.45) is 5.92 Å². The molecule has 1 amide bonds. The van der Waals surface area contributed by atoms with E-state index in [4.69, 9.17) is 0 Å². The average molecular weight is 380 g/mol. The Morgan fingerprint density at radius 3 is 2.54 bits per heavy atom. The second-order valence-corrected chi connectivity index (χ2v) is 7.13. The number of rotatable bonds is 4. The second kappa shape index (κ2) is 7.03. The van der Waals surface area contributed by atoms with Crippen LogP contribution in [0.15, 0.2) is 36.7 Å². The predicted molar refractivity (Wildman–Crippen MR) is 104 cm³/mol. The number of carbonyl (C=O) groups excluding carboxylic acids is 1. The Morgan fingerprint density at radius 1 is 1.11 bits per heavy atom. The molecule has 0 unspecified atom stereocenters. The Kier molecular flexibility index (Phi) is 4.54. The molecule has 1 aliphatic heterocycles. The van der Waals surface area contributed by atoms with Crippen LogP contribution >= 0.6 is 0 Å². The monoisotopic (exact) mass is 380 g/mol. The van der Waals surface area contributed by atoms with Gasteiger partial charge < -0.3 is 10.2 Å². The maximum Gasteiger partial charge on any atom is 0.231 e. The summed E-state index contributed by atoms with van der Waals surface area (Å²) >= 11 is 0. The quantitative estimate of drug-likeness (QED) is 0.753. The van der Waals surface area contributed by atoms with Gasteiger partial charge in [-0.3, -0.25) is 4.79 Å². The normalized spacial score (nSPS) is 14.1. The third-order valence-electron chi connectivity index (χ3n) is 4.88. The molecule has 0 aliphatic carbocycles. The molecule has 8 heteroatoms. The van der Waals surface area contributed by atoms with Gasteiger partial charge in [0.25, 0.3) is 0 Å². The summed E-state index contributed by atoms with van der Waals surface area (Å²) in [6.07, 6.45) is 1.50. The van der Waals surface area contributed by atoms with E-state index < -0.39 is 0 Å². The highest BCUT2D eigenvalue weighted by molar-refractivity contribution is 5.94. The van der Waals surface area contributed by atoms with Gasteiger partial charge in [-0.1, -0.05) is 6.07 Å². The first-order valence-electron chi connectivity index (χ1n) is 9.08. The molecule has 0 saturated carbocycles. The molecule has 28 heavy (non-hydrogen) atoms. The van der Waals surface area contributed by atoms with Crippen molar-refractivity contribution in [2.75, 3.05) is 23.3 Å². The van der Waals surface area contributed by atoms with Crippen LogP contribution in [0.25, 0.3) is 5.82 Å². The summed E-state index contributed by atoms with van der Waals surface area (Å²) in [4.78, 5) is 23.0. The van der Waals surface area contributed by atoms with Gasteiger partial charge in [0, 0.05) is 30.5 Å². The number of nitrogens with zero attached hydrogens (tertiary/aromatic N) is 5. The van der Waals surface area contributed by atoms with E-state index in [0.717, 1.165) is 17.2 Å². The minimum Gasteiger partial charge on any atom is -0.355 e. The Labute approximate surface area is 162 Å². The molecule has 0 radical (unpaired) electrons. The molecule has 2 aromatic heterocycles. The van der Waals surface area contributed by atoms with Gasteiger partial charge in [-0.15, -0.1) is 0 Å². The zero-order valence-electron chi connectivity index (χ0n) is 16.0. The van der Waals surface area contributed by atoms with Crippen LogP contribution in [0.3, 0.4) is 0 Å². The van der Waals surface area contributed by atoms with Crippen LogP contribution < -0.4 is 10.2 Å². The minimum atomic E-state index is -0.328. The van der Waals surface area contributed by atoms with Gasteiger partial charge in [0.1, 0.15) is 18.0 Å². The average Bonchev–Trinajstić information content (AvgIpc) is 2.95. The molecule has 3 heterocycles. The molecule has 1 N–H and O–H groups in total. The number of hydrogen-bond donors (Lipinski definition) is 1. The van der Waals surface area contributed by atoms with Crippen LogP contribution in [0.5, 0.6) is 0 Å². The Balaban J connectivity index is 1.41. The SMILES string of the molecule is Cc1cc(C)n(-c2cc(N3CC(C(=O)Nc4ccc(C)c(F)c4)C3)ncn2)n1. The fraction of sp³-hybridized carbons (Fsp3) is 0.300. The topological polar surface area (TPSA) is 75.9 Å². The third-order valence-corrected chi connectivity index (χ3v) is 4.88. The molecular formula is C20H21FN6O. The van der Waals surface area contributed by atoms with Crippen molar-refractivity contribution in [3.05, 3.63) is 59.4 Å². The highest BCUT2D eigenvalue weighted by Crippen LogP contribution is 2.25. The number of nitrogens with one attached hydrogen (secondary N) is 1. The van der Waals surface area contributed by atoms with Gasteiger partial charge >= 0.3 is 0 Å². The van der Waals surface area contributed by atoms with Crippen LogP contribution in [0.2, 0.25) is 0 Å². The summed E-state index contributed by atoms with van der Waals surface area (Å²) in [6.45, 7) is 6.69. The van der Waals surface area contributed by atoms with Gasteiger partial charge in [0.15, 0.2) is 5.82 Å². The van der Waals surface area contributed by atoms with E-state index in [1.54, 1.807) is 23.7 Å². The van der Waals surface area contributed by atoms with Gasteiger partial charge in [-0.05, 0) is 44.5 Å². The lowest BCUT2D eigenvalue weighted by atomic mass is 9.99. The number of halogens is 1. The molecule has 1 fully saturated rings. The summed E-state index contributed by atoms with van der Waals surface area (Å²) in [6, 6.07) is 8.55. The van der Waals surface area contributed by atoms with Crippen LogP contribution in [0, 0.1) is 32.5 Å². The first kappa shape index (κ1) is 18.1. The fourth-order valence-corrected chi connectivity index (χ4v) is 3.23. The summed E-state index contributed by atoms with van der Waals surface area (Å²) in [5, 5.41) is 7.22. The van der Waals surface area contributed by atoms with E-state index in [9.17, 15) is 9.18 Å². The number of aromatic nitrogens is 4. The lowest BCUT2D eigenvalue weighted by molar-refractivity contribution is -0.120. The highest BCUT2D eigenvalue weighted by atomic mass is 19.1. The summed E-state index contributed by atoms with van der Waals surface area (Å²) in [5.74, 6) is 0.830. The van der Waals surface area contributed by atoms with Crippen molar-refractivity contribution in [1.29, 1.82) is 0 Å². The van der Waals surface area contributed by atoms with Crippen LogP contribution in [0.1, 0.15) is 17.0 Å². The molecule has 4 rings (SSSR count). The number of anilines is 2. The van der Waals surface area contributed by atoms with E-state index in [-0.39, 0.29) is 17.6 Å². The van der Waals surface area contributed by atoms with E-state index >= 15 is 0 Å². The molecule has 0 bridgehead atoms. The molecular weight excluding hydrogens is 359 g/mol. The Morgan fingerprint density at radius 2 is 1.86 bits per heavy atom. The molecule has 144 valence electrons. The lowest BCUT2D eigenvalue weighted by Gasteiger charge is -2.39. The molecule has 0 spiro atoms. The van der Waals surface area contributed by atoms with E-state index in [1.807, 2.05) is 30.9 Å². The number of carbonyl (C=O) groups is 1. The molecule has 0 atom stereocenters. The number of benzene rings is 1. The van der Waals surface area contributed by atoms with Gasteiger partial charge in [0.05, 0.1) is 11.6 Å². The molecule has 1 saturated heterocycles.